The van der Waals surface area contributed by atoms with E-state index in [0.29, 0.717) is 0 Å². The van der Waals surface area contributed by atoms with Crippen LogP contribution in [0.3, 0.4) is 0 Å². The summed E-state index contributed by atoms with van der Waals surface area (Å²) in [6.07, 6.45) is 13.4. The van der Waals surface area contributed by atoms with Crippen LogP contribution in [-0.2, 0) is 0 Å². The number of hydrogen-bond acceptors (Lipinski definition) is 0. The predicted molar refractivity (Wildman–Crippen MR) is 69.3 cm³/mol. The molecule has 0 aliphatic heterocycles. The van der Waals surface area contributed by atoms with Crippen LogP contribution in [0.1, 0.15) is 70.6 Å². The smallest absolute Gasteiger partial charge is 0.00886 e. The highest BCUT2D eigenvalue weighted by molar-refractivity contribution is 4.98. The SMILES string of the molecule is [CH2]CCCCC#CCCCCCCC[CH2]. The van der Waals surface area contributed by atoms with Crippen molar-refractivity contribution in [2.75, 3.05) is 0 Å². The van der Waals surface area contributed by atoms with Gasteiger partial charge in [0.25, 0.3) is 0 Å². The van der Waals surface area contributed by atoms with Gasteiger partial charge in [-0.05, 0) is 12.8 Å². The summed E-state index contributed by atoms with van der Waals surface area (Å²) in [7, 11) is 0. The molecule has 0 atom stereocenters. The van der Waals surface area contributed by atoms with Gasteiger partial charge in [-0.3, -0.25) is 0 Å². The van der Waals surface area contributed by atoms with Crippen LogP contribution in [0.2, 0.25) is 0 Å². The van der Waals surface area contributed by atoms with Gasteiger partial charge in [0.05, 0.1) is 0 Å². The van der Waals surface area contributed by atoms with Crippen LogP contribution in [0.15, 0.2) is 0 Å². The van der Waals surface area contributed by atoms with E-state index >= 15 is 0 Å². The van der Waals surface area contributed by atoms with Crippen molar-refractivity contribution >= 4 is 0 Å². The number of rotatable bonds is 9. The van der Waals surface area contributed by atoms with E-state index in [1.807, 2.05) is 0 Å². The Labute approximate surface area is 96.8 Å². The van der Waals surface area contributed by atoms with E-state index in [0.717, 1.165) is 25.7 Å². The normalized spacial score (nSPS) is 9.73. The Hall–Kier alpha value is -0.440. The van der Waals surface area contributed by atoms with Crippen LogP contribution in [-0.4, -0.2) is 0 Å². The van der Waals surface area contributed by atoms with Crippen molar-refractivity contribution in [1.82, 2.24) is 0 Å². The molecule has 0 N–H and O–H groups in total. The third-order valence-electron chi connectivity index (χ3n) is 2.48. The van der Waals surface area contributed by atoms with E-state index in [1.165, 1.54) is 44.9 Å². The van der Waals surface area contributed by atoms with Crippen LogP contribution < -0.4 is 0 Å². The molecule has 0 aliphatic carbocycles. The van der Waals surface area contributed by atoms with E-state index in [-0.39, 0.29) is 0 Å². The Balaban J connectivity index is 3.02. The minimum atomic E-state index is 1.05. The summed E-state index contributed by atoms with van der Waals surface area (Å²) in [5, 5.41) is 0. The van der Waals surface area contributed by atoms with Crippen LogP contribution in [0, 0.1) is 25.7 Å². The lowest BCUT2D eigenvalue weighted by Crippen LogP contribution is -1.78. The molecule has 0 fully saturated rings. The largest absolute Gasteiger partial charge is 0.103 e. The molecule has 86 valence electrons. The molecule has 15 heavy (non-hydrogen) atoms. The maximum absolute atomic E-state index is 3.84. The molecule has 2 radical (unpaired) electrons. The highest BCUT2D eigenvalue weighted by Crippen LogP contribution is 2.06. The van der Waals surface area contributed by atoms with E-state index in [1.54, 1.807) is 0 Å². The first-order chi connectivity index (χ1) is 7.41. The second-order valence-electron chi connectivity index (χ2n) is 4.04. The van der Waals surface area contributed by atoms with Crippen LogP contribution in [0.25, 0.3) is 0 Å². The molecule has 0 heteroatoms. The van der Waals surface area contributed by atoms with Gasteiger partial charge in [-0.15, -0.1) is 11.8 Å². The first-order valence-corrected chi connectivity index (χ1v) is 6.46. The highest BCUT2D eigenvalue weighted by Gasteiger charge is 1.87. The Kier molecular flexibility index (Phi) is 13.2. The van der Waals surface area contributed by atoms with Gasteiger partial charge < -0.3 is 0 Å². The van der Waals surface area contributed by atoms with Crippen molar-refractivity contribution in [1.29, 1.82) is 0 Å². The van der Waals surface area contributed by atoms with Gasteiger partial charge in [0.15, 0.2) is 0 Å². The molecule has 0 spiro atoms. The summed E-state index contributed by atoms with van der Waals surface area (Å²) in [5.41, 5.74) is 0. The van der Waals surface area contributed by atoms with Crippen LogP contribution in [0.4, 0.5) is 0 Å². The summed E-state index contributed by atoms with van der Waals surface area (Å²) < 4.78 is 0. The van der Waals surface area contributed by atoms with Gasteiger partial charge >= 0.3 is 0 Å². The zero-order valence-corrected chi connectivity index (χ0v) is 10.2. The molecule has 0 nitrogen and oxygen atoms in total. The summed E-state index contributed by atoms with van der Waals surface area (Å²) in [6.45, 7) is 7.66. The molecular formula is C15H26. The molecule has 0 amide bonds. The van der Waals surface area contributed by atoms with Gasteiger partial charge in [0, 0.05) is 12.8 Å². The first-order valence-electron chi connectivity index (χ1n) is 6.46. The summed E-state index contributed by atoms with van der Waals surface area (Å²) >= 11 is 0. The van der Waals surface area contributed by atoms with Crippen LogP contribution in [0.5, 0.6) is 0 Å². The van der Waals surface area contributed by atoms with Gasteiger partial charge in [0.2, 0.25) is 0 Å². The topological polar surface area (TPSA) is 0 Å². The number of hydrogen-bond donors (Lipinski definition) is 0. The van der Waals surface area contributed by atoms with Crippen molar-refractivity contribution in [3.63, 3.8) is 0 Å². The van der Waals surface area contributed by atoms with Crippen molar-refractivity contribution in [3.05, 3.63) is 13.8 Å². The lowest BCUT2D eigenvalue weighted by Gasteiger charge is -1.96. The fourth-order valence-electron chi connectivity index (χ4n) is 1.49. The molecular weight excluding hydrogens is 180 g/mol. The van der Waals surface area contributed by atoms with Crippen molar-refractivity contribution in [2.45, 2.75) is 70.6 Å². The lowest BCUT2D eigenvalue weighted by atomic mass is 10.1. The molecule has 0 bridgehead atoms. The average molecular weight is 206 g/mol. The monoisotopic (exact) mass is 206 g/mol. The summed E-state index contributed by atoms with van der Waals surface area (Å²) in [4.78, 5) is 0. The van der Waals surface area contributed by atoms with E-state index < -0.39 is 0 Å². The molecule has 0 aromatic heterocycles. The number of unbranched alkanes of at least 4 members (excludes halogenated alkanes) is 9. The molecule has 0 heterocycles. The zero-order valence-electron chi connectivity index (χ0n) is 10.2. The lowest BCUT2D eigenvalue weighted by molar-refractivity contribution is 0.624. The molecule has 0 rings (SSSR count). The Morgan fingerprint density at radius 3 is 1.53 bits per heavy atom. The maximum Gasteiger partial charge on any atom is 0.00886 e. The Bertz CT molecular complexity index is 159. The minimum Gasteiger partial charge on any atom is -0.103 e. The molecule has 0 saturated carbocycles. The Morgan fingerprint density at radius 1 is 0.533 bits per heavy atom. The van der Waals surface area contributed by atoms with E-state index in [9.17, 15) is 0 Å². The molecule has 0 aliphatic rings. The third-order valence-corrected chi connectivity index (χ3v) is 2.48. The first kappa shape index (κ1) is 14.6. The predicted octanol–water partition coefficient (Wildman–Crippen LogP) is 4.95. The highest BCUT2D eigenvalue weighted by atomic mass is 13.9. The van der Waals surface area contributed by atoms with Gasteiger partial charge in [-0.2, -0.15) is 0 Å². The van der Waals surface area contributed by atoms with Crippen LogP contribution >= 0.6 is 0 Å². The van der Waals surface area contributed by atoms with Crippen molar-refractivity contribution < 1.29 is 0 Å². The Morgan fingerprint density at radius 2 is 0.933 bits per heavy atom. The van der Waals surface area contributed by atoms with E-state index in [4.69, 9.17) is 0 Å². The van der Waals surface area contributed by atoms with Gasteiger partial charge in [-0.25, -0.2) is 0 Å². The standard InChI is InChI=1S/C15H26/c1-3-5-7-9-11-13-15-14-12-10-8-6-4-2/h1-11,13,15H2. The maximum atomic E-state index is 3.84. The average Bonchev–Trinajstić information content (AvgIpc) is 2.26. The molecule has 0 saturated heterocycles. The second-order valence-corrected chi connectivity index (χ2v) is 4.04. The fraction of sp³-hybridized carbons (Fsp3) is 0.733. The fourth-order valence-corrected chi connectivity index (χ4v) is 1.49. The second kappa shape index (κ2) is 13.6. The molecule has 0 unspecified atom stereocenters. The third kappa shape index (κ3) is 13.6. The van der Waals surface area contributed by atoms with Crippen molar-refractivity contribution in [3.8, 4) is 11.8 Å². The van der Waals surface area contributed by atoms with Gasteiger partial charge in [0.1, 0.15) is 0 Å². The van der Waals surface area contributed by atoms with Crippen molar-refractivity contribution in [2.24, 2.45) is 0 Å². The van der Waals surface area contributed by atoms with Gasteiger partial charge in [-0.1, -0.05) is 58.8 Å². The quantitative estimate of drug-likeness (QED) is 0.370. The molecule has 0 aromatic carbocycles. The summed E-state index contributed by atoms with van der Waals surface area (Å²) in [6, 6.07) is 0. The molecule has 0 aromatic rings. The zero-order chi connectivity index (χ0) is 11.2. The van der Waals surface area contributed by atoms with E-state index in [2.05, 4.69) is 25.7 Å². The summed E-state index contributed by atoms with van der Waals surface area (Å²) in [5.74, 6) is 6.49. The minimum absolute atomic E-state index is 1.05.